The van der Waals surface area contributed by atoms with E-state index in [2.05, 4.69) is 19.2 Å². The molecule has 0 aromatic rings. The highest BCUT2D eigenvalue weighted by Crippen LogP contribution is 2.34. The van der Waals surface area contributed by atoms with Gasteiger partial charge in [0.1, 0.15) is 0 Å². The van der Waals surface area contributed by atoms with Gasteiger partial charge in [-0.25, -0.2) is 0 Å². The second kappa shape index (κ2) is 7.24. The Bertz CT molecular complexity index is 157. The van der Waals surface area contributed by atoms with Crippen molar-refractivity contribution in [2.75, 3.05) is 20.3 Å². The van der Waals surface area contributed by atoms with Gasteiger partial charge in [-0.3, -0.25) is 0 Å². The van der Waals surface area contributed by atoms with Crippen LogP contribution in [0.1, 0.15) is 46.0 Å². The Balaban J connectivity index is 2.14. The van der Waals surface area contributed by atoms with Crippen LogP contribution in [0.5, 0.6) is 0 Å². The molecule has 0 aromatic carbocycles. The van der Waals surface area contributed by atoms with Crippen molar-refractivity contribution in [2.45, 2.75) is 52.0 Å². The van der Waals surface area contributed by atoms with Crippen molar-refractivity contribution < 1.29 is 4.74 Å². The summed E-state index contributed by atoms with van der Waals surface area (Å²) in [5.41, 5.74) is 0. The summed E-state index contributed by atoms with van der Waals surface area (Å²) in [6, 6.07) is 0.709. The van der Waals surface area contributed by atoms with Crippen LogP contribution >= 0.6 is 0 Å². The molecule has 0 heterocycles. The van der Waals surface area contributed by atoms with E-state index in [4.69, 9.17) is 4.74 Å². The zero-order chi connectivity index (χ0) is 11.1. The van der Waals surface area contributed by atoms with Crippen molar-refractivity contribution in [1.29, 1.82) is 0 Å². The van der Waals surface area contributed by atoms with E-state index in [1.54, 1.807) is 7.11 Å². The number of ether oxygens (including phenoxy) is 1. The number of nitrogens with one attached hydrogen (secondary N) is 1. The van der Waals surface area contributed by atoms with Gasteiger partial charge in [0.25, 0.3) is 0 Å². The van der Waals surface area contributed by atoms with Gasteiger partial charge < -0.3 is 10.1 Å². The zero-order valence-corrected chi connectivity index (χ0v) is 10.6. The molecule has 0 bridgehead atoms. The molecular weight excluding hydrogens is 186 g/mol. The summed E-state index contributed by atoms with van der Waals surface area (Å²) in [4.78, 5) is 0. The third-order valence-corrected chi connectivity index (χ3v) is 3.25. The predicted molar refractivity (Wildman–Crippen MR) is 65.1 cm³/mol. The van der Waals surface area contributed by atoms with Crippen molar-refractivity contribution in [2.24, 2.45) is 11.8 Å². The smallest absolute Gasteiger partial charge is 0.0488 e. The number of hydrogen-bond acceptors (Lipinski definition) is 2. The van der Waals surface area contributed by atoms with Crippen molar-refractivity contribution in [3.8, 4) is 0 Å². The maximum absolute atomic E-state index is 5.19. The molecule has 2 atom stereocenters. The van der Waals surface area contributed by atoms with Crippen molar-refractivity contribution in [3.63, 3.8) is 0 Å². The molecule has 2 unspecified atom stereocenters. The number of hydrogen-bond donors (Lipinski definition) is 1. The Morgan fingerprint density at radius 1 is 1.40 bits per heavy atom. The Morgan fingerprint density at radius 3 is 2.67 bits per heavy atom. The highest BCUT2D eigenvalue weighted by atomic mass is 16.5. The minimum atomic E-state index is 0.679. The molecule has 1 aliphatic rings. The summed E-state index contributed by atoms with van der Waals surface area (Å²) in [6.45, 7) is 6.47. The molecular formula is C13H27NO. The molecule has 15 heavy (non-hydrogen) atoms. The second-order valence-corrected chi connectivity index (χ2v) is 5.07. The summed E-state index contributed by atoms with van der Waals surface area (Å²) in [6.07, 6.45) is 7.00. The summed E-state index contributed by atoms with van der Waals surface area (Å²) in [5.74, 6) is 1.74. The third-order valence-electron chi connectivity index (χ3n) is 3.25. The molecule has 1 aliphatic carbocycles. The molecule has 0 spiro atoms. The zero-order valence-electron chi connectivity index (χ0n) is 10.6. The van der Waals surface area contributed by atoms with Crippen molar-refractivity contribution >= 4 is 0 Å². The summed E-state index contributed by atoms with van der Waals surface area (Å²) in [5, 5.41) is 3.60. The third kappa shape index (κ3) is 6.16. The lowest BCUT2D eigenvalue weighted by Gasteiger charge is -2.21. The predicted octanol–water partition coefficient (Wildman–Crippen LogP) is 2.83. The lowest BCUT2D eigenvalue weighted by Crippen LogP contribution is -2.31. The first-order chi connectivity index (χ1) is 7.26. The topological polar surface area (TPSA) is 21.3 Å². The molecule has 1 fully saturated rings. The van der Waals surface area contributed by atoms with Gasteiger partial charge in [-0.1, -0.05) is 26.7 Å². The van der Waals surface area contributed by atoms with E-state index in [0.29, 0.717) is 12.0 Å². The largest absolute Gasteiger partial charge is 0.384 e. The maximum Gasteiger partial charge on any atom is 0.0488 e. The highest BCUT2D eigenvalue weighted by molar-refractivity contribution is 4.77. The first kappa shape index (κ1) is 13.0. The Labute approximate surface area is 94.8 Å². The molecule has 90 valence electrons. The second-order valence-electron chi connectivity index (χ2n) is 5.07. The van der Waals surface area contributed by atoms with Gasteiger partial charge in [0.15, 0.2) is 0 Å². The van der Waals surface area contributed by atoms with Gasteiger partial charge in [0.05, 0.1) is 0 Å². The van der Waals surface area contributed by atoms with E-state index in [1.165, 1.54) is 32.1 Å². The van der Waals surface area contributed by atoms with E-state index in [9.17, 15) is 0 Å². The van der Waals surface area contributed by atoms with Crippen LogP contribution < -0.4 is 5.32 Å². The maximum atomic E-state index is 5.19. The molecule has 0 aliphatic heterocycles. The minimum Gasteiger partial charge on any atom is -0.384 e. The van der Waals surface area contributed by atoms with E-state index < -0.39 is 0 Å². The Morgan fingerprint density at radius 2 is 2.13 bits per heavy atom. The average molecular weight is 213 g/mol. The summed E-state index contributed by atoms with van der Waals surface area (Å²) in [7, 11) is 1.79. The van der Waals surface area contributed by atoms with Crippen molar-refractivity contribution in [1.82, 2.24) is 5.32 Å². The van der Waals surface area contributed by atoms with Crippen LogP contribution in [0.4, 0.5) is 0 Å². The SMILES string of the molecule is CCNC(CCC1CC1)CC(C)COC. The van der Waals surface area contributed by atoms with Crippen LogP contribution in [0.15, 0.2) is 0 Å². The normalized spacial score (nSPS) is 20.2. The van der Waals surface area contributed by atoms with Gasteiger partial charge >= 0.3 is 0 Å². The number of methoxy groups -OCH3 is 1. The average Bonchev–Trinajstić information content (AvgIpc) is 2.98. The van der Waals surface area contributed by atoms with Gasteiger partial charge in [-0.05, 0) is 37.6 Å². The molecule has 1 saturated carbocycles. The monoisotopic (exact) mass is 213 g/mol. The van der Waals surface area contributed by atoms with Gasteiger partial charge in [0.2, 0.25) is 0 Å². The van der Waals surface area contributed by atoms with Gasteiger partial charge in [-0.2, -0.15) is 0 Å². The summed E-state index contributed by atoms with van der Waals surface area (Å²) < 4.78 is 5.19. The lowest BCUT2D eigenvalue weighted by molar-refractivity contribution is 0.148. The van der Waals surface area contributed by atoms with E-state index in [1.807, 2.05) is 0 Å². The molecule has 2 heteroatoms. The van der Waals surface area contributed by atoms with E-state index >= 15 is 0 Å². The van der Waals surface area contributed by atoms with E-state index in [-0.39, 0.29) is 0 Å². The lowest BCUT2D eigenvalue weighted by atomic mass is 9.98. The summed E-state index contributed by atoms with van der Waals surface area (Å²) >= 11 is 0. The van der Waals surface area contributed by atoms with Crippen molar-refractivity contribution in [3.05, 3.63) is 0 Å². The van der Waals surface area contributed by atoms with Crippen LogP contribution in [0, 0.1) is 11.8 Å². The van der Waals surface area contributed by atoms with Crippen LogP contribution in [-0.2, 0) is 4.74 Å². The first-order valence-corrected chi connectivity index (χ1v) is 6.48. The first-order valence-electron chi connectivity index (χ1n) is 6.48. The van der Waals surface area contributed by atoms with Crippen LogP contribution in [0.3, 0.4) is 0 Å². The van der Waals surface area contributed by atoms with Crippen LogP contribution in [0.2, 0.25) is 0 Å². The molecule has 0 saturated heterocycles. The molecule has 1 N–H and O–H groups in total. The van der Waals surface area contributed by atoms with Crippen LogP contribution in [0.25, 0.3) is 0 Å². The fourth-order valence-electron chi connectivity index (χ4n) is 2.27. The van der Waals surface area contributed by atoms with E-state index in [0.717, 1.165) is 19.1 Å². The van der Waals surface area contributed by atoms with Gasteiger partial charge in [0, 0.05) is 19.8 Å². The fourth-order valence-corrected chi connectivity index (χ4v) is 2.27. The Hall–Kier alpha value is -0.0800. The fraction of sp³-hybridized carbons (Fsp3) is 1.00. The molecule has 0 amide bonds. The Kier molecular flexibility index (Phi) is 6.26. The molecule has 0 radical (unpaired) electrons. The molecule has 1 rings (SSSR count). The van der Waals surface area contributed by atoms with Crippen LogP contribution in [-0.4, -0.2) is 26.3 Å². The van der Waals surface area contributed by atoms with Gasteiger partial charge in [-0.15, -0.1) is 0 Å². The molecule has 2 nitrogen and oxygen atoms in total. The standard InChI is InChI=1S/C13H27NO/c1-4-14-13(8-7-12-5-6-12)9-11(2)10-15-3/h11-14H,4-10H2,1-3H3. The molecule has 0 aromatic heterocycles. The highest BCUT2D eigenvalue weighted by Gasteiger charge is 2.22. The number of rotatable bonds is 9. The minimum absolute atomic E-state index is 0.679. The quantitative estimate of drug-likeness (QED) is 0.636.